The van der Waals surface area contributed by atoms with Crippen LogP contribution in [0.1, 0.15) is 35.8 Å². The van der Waals surface area contributed by atoms with Crippen LogP contribution in [0.2, 0.25) is 0 Å². The van der Waals surface area contributed by atoms with Gasteiger partial charge >= 0.3 is 4.87 Å². The van der Waals surface area contributed by atoms with Gasteiger partial charge in [0.25, 0.3) is 0 Å². The Morgan fingerprint density at radius 2 is 2.03 bits per heavy atom. The van der Waals surface area contributed by atoms with E-state index in [4.69, 9.17) is 4.98 Å². The van der Waals surface area contributed by atoms with Crippen LogP contribution in [0, 0.1) is 11.3 Å². The molecule has 1 atom stereocenters. The van der Waals surface area contributed by atoms with Crippen LogP contribution in [-0.2, 0) is 6.42 Å². The van der Waals surface area contributed by atoms with Crippen LogP contribution >= 0.6 is 11.3 Å². The van der Waals surface area contributed by atoms with Crippen molar-refractivity contribution < 1.29 is 10.2 Å². The Morgan fingerprint density at radius 3 is 2.89 bits per heavy atom. The number of aliphatic hydroxyl groups excluding tert-OH is 1. The first kappa shape index (κ1) is 24.6. The van der Waals surface area contributed by atoms with Crippen molar-refractivity contribution in [2.24, 2.45) is 0 Å². The van der Waals surface area contributed by atoms with Crippen molar-refractivity contribution in [2.75, 3.05) is 13.1 Å². The number of nitriles is 1. The van der Waals surface area contributed by atoms with E-state index in [1.165, 1.54) is 6.07 Å². The van der Waals surface area contributed by atoms with Gasteiger partial charge in [-0.3, -0.25) is 14.8 Å². The van der Waals surface area contributed by atoms with Gasteiger partial charge < -0.3 is 20.5 Å². The first-order valence-electron chi connectivity index (χ1n) is 12.0. The summed E-state index contributed by atoms with van der Waals surface area (Å²) < 4.78 is 0.576. The summed E-state index contributed by atoms with van der Waals surface area (Å²) in [7, 11) is 0. The maximum atomic E-state index is 11.7. The van der Waals surface area contributed by atoms with Crippen molar-refractivity contribution in [3.05, 3.63) is 87.3 Å². The third-order valence-electron chi connectivity index (χ3n) is 6.23. The molecule has 0 aliphatic heterocycles. The van der Waals surface area contributed by atoms with Crippen molar-refractivity contribution in [3.8, 4) is 23.1 Å². The van der Waals surface area contributed by atoms with Crippen LogP contribution in [0.15, 0.2) is 65.6 Å². The molecule has 0 saturated heterocycles. The Kier molecular flexibility index (Phi) is 7.23. The quantitative estimate of drug-likeness (QED) is 0.215. The monoisotopic (exact) mass is 511 g/mol. The first-order valence-corrected chi connectivity index (χ1v) is 12.8. The highest BCUT2D eigenvalue weighted by atomic mass is 32.1. The number of nitrogens with one attached hydrogen (secondary N) is 2. The predicted molar refractivity (Wildman–Crippen MR) is 145 cm³/mol. The van der Waals surface area contributed by atoms with Crippen molar-refractivity contribution in [3.63, 3.8) is 0 Å². The number of rotatable bonds is 9. The van der Waals surface area contributed by atoms with Crippen LogP contribution in [0.25, 0.3) is 32.4 Å². The van der Waals surface area contributed by atoms with Gasteiger partial charge in [-0.1, -0.05) is 35.6 Å². The molecule has 0 radical (unpaired) electrons. The number of aryl methyl sites for hydroxylation is 1. The number of aliphatic hydroxyl groups is 1. The molecule has 3 aromatic heterocycles. The molecule has 0 saturated carbocycles. The van der Waals surface area contributed by atoms with E-state index in [9.17, 15) is 20.3 Å². The zero-order valence-corrected chi connectivity index (χ0v) is 20.8. The van der Waals surface area contributed by atoms with Crippen LogP contribution in [-0.4, -0.2) is 38.3 Å². The van der Waals surface area contributed by atoms with Gasteiger partial charge in [0.05, 0.1) is 33.6 Å². The Morgan fingerprint density at radius 1 is 1.14 bits per heavy atom. The molecule has 5 aromatic rings. The summed E-state index contributed by atoms with van der Waals surface area (Å²) >= 11 is 0.982. The highest BCUT2D eigenvalue weighted by Gasteiger charge is 2.16. The number of hydrogen-bond donors (Lipinski definition) is 4. The summed E-state index contributed by atoms with van der Waals surface area (Å²) in [5, 5.41) is 34.2. The molecule has 0 fully saturated rings. The fourth-order valence-electron chi connectivity index (χ4n) is 4.41. The highest BCUT2D eigenvalue weighted by molar-refractivity contribution is 7.16. The van der Waals surface area contributed by atoms with E-state index in [2.05, 4.69) is 27.4 Å². The molecule has 2 aromatic carbocycles. The molecule has 0 amide bonds. The number of H-pyrrole nitrogens is 1. The number of benzene rings is 2. The van der Waals surface area contributed by atoms with E-state index in [1.807, 2.05) is 30.3 Å². The Balaban J connectivity index is 1.20. The van der Waals surface area contributed by atoms with Crippen LogP contribution in [0.3, 0.4) is 0 Å². The summed E-state index contributed by atoms with van der Waals surface area (Å²) in [5.74, 6) is -0.00346. The number of aromatic amines is 1. The van der Waals surface area contributed by atoms with Crippen LogP contribution < -0.4 is 10.2 Å². The van der Waals surface area contributed by atoms with E-state index in [0.29, 0.717) is 34.4 Å². The van der Waals surface area contributed by atoms with Gasteiger partial charge in [0, 0.05) is 34.9 Å². The SMILES string of the molecule is N#Cc1cccc(-c2nc(CCCCNC[C@H](O)c3ccc(O)c4[nH]c(=O)sc34)cc3cccnc23)c1. The second kappa shape index (κ2) is 10.9. The third-order valence-corrected chi connectivity index (χ3v) is 7.16. The standard InChI is InChI=1S/C28H25N5O3S/c29-15-17-5-3-6-18(13-17)25-24-19(7-4-12-31-24)14-20(32-25)8-1-2-11-30-16-23(35)21-9-10-22(34)26-27(21)37-28(36)33-26/h3-7,9-10,12-14,23,30,34-35H,1-2,8,11,16H2,(H,33,36)/t23-/m0/s1. The van der Waals surface area contributed by atoms with Gasteiger partial charge in [-0.05, 0) is 56.1 Å². The van der Waals surface area contributed by atoms with Gasteiger partial charge in [0.1, 0.15) is 11.3 Å². The average molecular weight is 512 g/mol. The smallest absolute Gasteiger partial charge is 0.305 e. The molecule has 0 unspecified atom stereocenters. The molecule has 0 aliphatic carbocycles. The highest BCUT2D eigenvalue weighted by Crippen LogP contribution is 2.31. The van der Waals surface area contributed by atoms with E-state index < -0.39 is 6.10 Å². The molecule has 0 bridgehead atoms. The lowest BCUT2D eigenvalue weighted by molar-refractivity contribution is 0.176. The fraction of sp³-hybridized carbons (Fsp3) is 0.214. The third kappa shape index (κ3) is 5.37. The summed E-state index contributed by atoms with van der Waals surface area (Å²) in [5.41, 5.74) is 4.99. The lowest BCUT2D eigenvalue weighted by atomic mass is 10.0. The molecule has 3 heterocycles. The fourth-order valence-corrected chi connectivity index (χ4v) is 5.33. The topological polar surface area (TPSA) is 135 Å². The van der Waals surface area contributed by atoms with E-state index >= 15 is 0 Å². The molecule has 0 spiro atoms. The van der Waals surface area contributed by atoms with Gasteiger partial charge in [0.15, 0.2) is 0 Å². The summed E-state index contributed by atoms with van der Waals surface area (Å²) in [6, 6.07) is 18.7. The lowest BCUT2D eigenvalue weighted by Crippen LogP contribution is -2.22. The van der Waals surface area contributed by atoms with Gasteiger partial charge in [-0.2, -0.15) is 5.26 Å². The maximum absolute atomic E-state index is 11.7. The van der Waals surface area contributed by atoms with Crippen molar-refractivity contribution in [1.29, 1.82) is 5.26 Å². The van der Waals surface area contributed by atoms with Gasteiger partial charge in [0.2, 0.25) is 0 Å². The molecule has 186 valence electrons. The Labute approximate surface area is 216 Å². The number of phenols is 1. The largest absolute Gasteiger partial charge is 0.506 e. The molecular weight excluding hydrogens is 486 g/mol. The second-order valence-electron chi connectivity index (χ2n) is 8.80. The number of aromatic hydroxyl groups is 1. The Hall–Kier alpha value is -4.10. The van der Waals surface area contributed by atoms with Crippen molar-refractivity contribution in [1.82, 2.24) is 20.3 Å². The second-order valence-corrected chi connectivity index (χ2v) is 9.78. The number of nitrogens with zero attached hydrogens (tertiary/aromatic N) is 3. The van der Waals surface area contributed by atoms with E-state index in [1.54, 1.807) is 18.3 Å². The number of thiazole rings is 1. The number of pyridine rings is 2. The molecule has 0 aliphatic rings. The Bertz CT molecular complexity index is 1670. The average Bonchev–Trinajstić information content (AvgIpc) is 3.32. The molecule has 8 nitrogen and oxygen atoms in total. The number of hydrogen-bond acceptors (Lipinski definition) is 8. The van der Waals surface area contributed by atoms with Gasteiger partial charge in [-0.15, -0.1) is 0 Å². The molecule has 4 N–H and O–H groups in total. The summed E-state index contributed by atoms with van der Waals surface area (Å²) in [4.78, 5) is 23.5. The first-order chi connectivity index (χ1) is 18.0. The minimum atomic E-state index is -0.795. The number of phenolic OH excluding ortho intramolecular Hbond substituents is 1. The van der Waals surface area contributed by atoms with Crippen LogP contribution in [0.4, 0.5) is 0 Å². The number of fused-ring (bicyclic) bond motifs is 2. The van der Waals surface area contributed by atoms with Crippen molar-refractivity contribution in [2.45, 2.75) is 25.4 Å². The van der Waals surface area contributed by atoms with Crippen LogP contribution in [0.5, 0.6) is 5.75 Å². The number of aromatic nitrogens is 3. The van der Waals surface area contributed by atoms with E-state index in [0.717, 1.165) is 58.5 Å². The molecular formula is C28H25N5O3S. The molecule has 37 heavy (non-hydrogen) atoms. The van der Waals surface area contributed by atoms with Crippen molar-refractivity contribution >= 4 is 32.5 Å². The zero-order valence-electron chi connectivity index (χ0n) is 19.9. The van der Waals surface area contributed by atoms with E-state index in [-0.39, 0.29) is 10.6 Å². The number of unbranched alkanes of at least 4 members (excludes halogenated alkanes) is 1. The lowest BCUT2D eigenvalue weighted by Gasteiger charge is -2.13. The normalized spacial score (nSPS) is 12.1. The minimum absolute atomic E-state index is 0.00346. The van der Waals surface area contributed by atoms with Gasteiger partial charge in [-0.25, -0.2) is 0 Å². The summed E-state index contributed by atoms with van der Waals surface area (Å²) in [6.07, 6.45) is 3.54. The molecule has 5 rings (SSSR count). The molecule has 9 heteroatoms. The predicted octanol–water partition coefficient (Wildman–Crippen LogP) is 4.42. The minimum Gasteiger partial charge on any atom is -0.506 e. The summed E-state index contributed by atoms with van der Waals surface area (Å²) in [6.45, 7) is 1.05. The zero-order chi connectivity index (χ0) is 25.8. The maximum Gasteiger partial charge on any atom is 0.305 e.